The number of aromatic nitrogens is 1. The summed E-state index contributed by atoms with van der Waals surface area (Å²) in [7, 11) is 0. The number of thiazole rings is 1. The van der Waals surface area contributed by atoms with Crippen LogP contribution in [0.15, 0.2) is 48.5 Å². The van der Waals surface area contributed by atoms with Gasteiger partial charge < -0.3 is 10.6 Å². The Morgan fingerprint density at radius 1 is 1.17 bits per heavy atom. The number of benzene rings is 2. The molecule has 0 radical (unpaired) electrons. The predicted octanol–water partition coefficient (Wildman–Crippen LogP) is 3.76. The van der Waals surface area contributed by atoms with Crippen molar-refractivity contribution in [3.8, 4) is 0 Å². The van der Waals surface area contributed by atoms with Gasteiger partial charge in [0.15, 0.2) is 0 Å². The van der Waals surface area contributed by atoms with Gasteiger partial charge in [-0.3, -0.25) is 4.79 Å². The van der Waals surface area contributed by atoms with Gasteiger partial charge in [0, 0.05) is 18.7 Å². The minimum absolute atomic E-state index is 0.0249. The van der Waals surface area contributed by atoms with E-state index in [0.717, 1.165) is 29.2 Å². The van der Waals surface area contributed by atoms with Crippen molar-refractivity contribution in [1.82, 2.24) is 10.3 Å². The molecule has 2 aromatic carbocycles. The Kier molecular flexibility index (Phi) is 5.23. The lowest BCUT2D eigenvalue weighted by Gasteiger charge is -2.13. The maximum atomic E-state index is 12.2. The molecule has 0 aliphatic carbocycles. The van der Waals surface area contributed by atoms with Crippen LogP contribution in [0.3, 0.4) is 0 Å². The molecule has 1 aromatic heterocycles. The Bertz CT molecular complexity index is 793. The Morgan fingerprint density at radius 3 is 2.67 bits per heavy atom. The predicted molar refractivity (Wildman–Crippen MR) is 101 cm³/mol. The molecule has 5 heteroatoms. The van der Waals surface area contributed by atoms with Gasteiger partial charge in [0.25, 0.3) is 0 Å². The lowest BCUT2D eigenvalue weighted by Crippen LogP contribution is -2.39. The zero-order valence-electron chi connectivity index (χ0n) is 13.9. The van der Waals surface area contributed by atoms with Crippen LogP contribution in [0, 0.1) is 6.92 Å². The molecule has 3 aromatic rings. The van der Waals surface area contributed by atoms with Crippen molar-refractivity contribution in [2.45, 2.75) is 26.3 Å². The van der Waals surface area contributed by atoms with Crippen LogP contribution in [0.2, 0.25) is 0 Å². The highest BCUT2D eigenvalue weighted by Crippen LogP contribution is 2.21. The molecule has 0 saturated carbocycles. The lowest BCUT2D eigenvalue weighted by molar-refractivity contribution is -0.117. The molecular weight excluding hydrogens is 318 g/mol. The highest BCUT2D eigenvalue weighted by molar-refractivity contribution is 7.18. The summed E-state index contributed by atoms with van der Waals surface area (Å²) in [5.41, 5.74) is 3.04. The third-order valence-electron chi connectivity index (χ3n) is 3.84. The van der Waals surface area contributed by atoms with E-state index in [9.17, 15) is 4.79 Å². The Hall–Kier alpha value is -2.24. The van der Waals surface area contributed by atoms with E-state index in [0.29, 0.717) is 0 Å². The molecule has 0 aliphatic heterocycles. The summed E-state index contributed by atoms with van der Waals surface area (Å²) < 4.78 is 1.21. The van der Waals surface area contributed by atoms with Gasteiger partial charge in [-0.05, 0) is 38.1 Å². The number of anilines is 1. The van der Waals surface area contributed by atoms with E-state index in [1.54, 1.807) is 11.3 Å². The van der Waals surface area contributed by atoms with E-state index < -0.39 is 0 Å². The molecule has 4 nitrogen and oxygen atoms in total. The van der Waals surface area contributed by atoms with Crippen LogP contribution >= 0.6 is 11.3 Å². The van der Waals surface area contributed by atoms with Crippen LogP contribution in [-0.4, -0.2) is 23.5 Å². The van der Waals surface area contributed by atoms with Crippen LogP contribution in [-0.2, 0) is 11.2 Å². The minimum Gasteiger partial charge on any atom is -0.325 e. The number of fused-ring (bicyclic) bond motifs is 1. The molecule has 0 aliphatic rings. The van der Waals surface area contributed by atoms with Crippen molar-refractivity contribution in [2.75, 3.05) is 11.9 Å². The van der Waals surface area contributed by atoms with Crippen molar-refractivity contribution in [3.63, 3.8) is 0 Å². The SMILES string of the molecule is Cc1ccc(NC(=O)C(C)NCCc2nc3ccccc3s2)cc1. The average Bonchev–Trinajstić information content (AvgIpc) is 2.99. The van der Waals surface area contributed by atoms with Crippen molar-refractivity contribution in [1.29, 1.82) is 0 Å². The first kappa shape index (κ1) is 16.6. The second-order valence-electron chi connectivity index (χ2n) is 5.86. The first-order chi connectivity index (χ1) is 11.6. The molecule has 24 heavy (non-hydrogen) atoms. The van der Waals surface area contributed by atoms with Gasteiger partial charge in [-0.1, -0.05) is 29.8 Å². The van der Waals surface area contributed by atoms with E-state index in [1.807, 2.05) is 56.3 Å². The van der Waals surface area contributed by atoms with Crippen LogP contribution in [0.4, 0.5) is 5.69 Å². The Morgan fingerprint density at radius 2 is 1.92 bits per heavy atom. The smallest absolute Gasteiger partial charge is 0.241 e. The summed E-state index contributed by atoms with van der Waals surface area (Å²) >= 11 is 1.71. The molecule has 1 amide bonds. The van der Waals surface area contributed by atoms with Crippen molar-refractivity contribution in [2.24, 2.45) is 0 Å². The maximum Gasteiger partial charge on any atom is 0.241 e. The normalized spacial score (nSPS) is 12.2. The molecule has 1 unspecified atom stereocenters. The fourth-order valence-electron chi connectivity index (χ4n) is 2.40. The summed E-state index contributed by atoms with van der Waals surface area (Å²) in [6.07, 6.45) is 0.821. The van der Waals surface area contributed by atoms with E-state index in [-0.39, 0.29) is 11.9 Å². The number of nitrogens with one attached hydrogen (secondary N) is 2. The Labute approximate surface area is 145 Å². The fourth-order valence-corrected chi connectivity index (χ4v) is 3.37. The highest BCUT2D eigenvalue weighted by atomic mass is 32.1. The summed E-state index contributed by atoms with van der Waals surface area (Å²) in [4.78, 5) is 16.8. The number of amides is 1. The molecule has 3 rings (SSSR count). The number of aryl methyl sites for hydroxylation is 1. The zero-order chi connectivity index (χ0) is 16.9. The fraction of sp³-hybridized carbons (Fsp3) is 0.263. The van der Waals surface area contributed by atoms with Gasteiger partial charge >= 0.3 is 0 Å². The van der Waals surface area contributed by atoms with Crippen LogP contribution in [0.25, 0.3) is 10.2 Å². The molecule has 1 atom stereocenters. The minimum atomic E-state index is -0.249. The number of rotatable bonds is 6. The average molecular weight is 339 g/mol. The van der Waals surface area contributed by atoms with Crippen molar-refractivity contribution in [3.05, 3.63) is 59.1 Å². The van der Waals surface area contributed by atoms with E-state index >= 15 is 0 Å². The largest absolute Gasteiger partial charge is 0.325 e. The monoisotopic (exact) mass is 339 g/mol. The maximum absolute atomic E-state index is 12.2. The van der Waals surface area contributed by atoms with E-state index in [1.165, 1.54) is 10.3 Å². The van der Waals surface area contributed by atoms with Gasteiger partial charge in [-0.2, -0.15) is 0 Å². The quantitative estimate of drug-likeness (QED) is 0.719. The number of hydrogen-bond donors (Lipinski definition) is 2. The number of para-hydroxylation sites is 1. The lowest BCUT2D eigenvalue weighted by atomic mass is 10.2. The van der Waals surface area contributed by atoms with Crippen LogP contribution in [0.1, 0.15) is 17.5 Å². The molecule has 2 N–H and O–H groups in total. The summed E-state index contributed by atoms with van der Waals surface area (Å²) in [5.74, 6) is -0.0249. The highest BCUT2D eigenvalue weighted by Gasteiger charge is 2.12. The van der Waals surface area contributed by atoms with Gasteiger partial charge in [0.1, 0.15) is 0 Å². The first-order valence-electron chi connectivity index (χ1n) is 8.07. The van der Waals surface area contributed by atoms with Gasteiger partial charge in [-0.15, -0.1) is 11.3 Å². The molecule has 0 fully saturated rings. The third-order valence-corrected chi connectivity index (χ3v) is 4.94. The Balaban J connectivity index is 1.48. The molecule has 124 valence electrons. The number of carbonyl (C=O) groups excluding carboxylic acids is 1. The zero-order valence-corrected chi connectivity index (χ0v) is 14.7. The van der Waals surface area contributed by atoms with Crippen molar-refractivity contribution >= 4 is 33.1 Å². The van der Waals surface area contributed by atoms with Crippen LogP contribution < -0.4 is 10.6 Å². The first-order valence-corrected chi connectivity index (χ1v) is 8.89. The second-order valence-corrected chi connectivity index (χ2v) is 6.97. The molecule has 0 bridgehead atoms. The summed E-state index contributed by atoms with van der Waals surface area (Å²) in [5, 5.41) is 7.28. The molecular formula is C19H21N3OS. The van der Waals surface area contributed by atoms with Gasteiger partial charge in [-0.25, -0.2) is 4.98 Å². The van der Waals surface area contributed by atoms with Crippen molar-refractivity contribution < 1.29 is 4.79 Å². The summed E-state index contributed by atoms with van der Waals surface area (Å²) in [6, 6.07) is 15.7. The van der Waals surface area contributed by atoms with Gasteiger partial charge in [0.2, 0.25) is 5.91 Å². The number of hydrogen-bond acceptors (Lipinski definition) is 4. The van der Waals surface area contributed by atoms with Crippen LogP contribution in [0.5, 0.6) is 0 Å². The second kappa shape index (κ2) is 7.55. The van der Waals surface area contributed by atoms with E-state index in [4.69, 9.17) is 0 Å². The molecule has 0 saturated heterocycles. The van der Waals surface area contributed by atoms with E-state index in [2.05, 4.69) is 21.7 Å². The molecule has 0 spiro atoms. The number of carbonyl (C=O) groups is 1. The topological polar surface area (TPSA) is 54.0 Å². The number of nitrogens with zero attached hydrogens (tertiary/aromatic N) is 1. The molecule has 1 heterocycles. The standard InChI is InChI=1S/C19H21N3OS/c1-13-7-9-15(10-8-13)21-19(23)14(2)20-12-11-18-22-16-5-3-4-6-17(16)24-18/h3-10,14,20H,11-12H2,1-2H3,(H,21,23). The van der Waals surface area contributed by atoms with Gasteiger partial charge in [0.05, 0.1) is 21.3 Å². The summed E-state index contributed by atoms with van der Waals surface area (Å²) in [6.45, 7) is 4.63. The third kappa shape index (κ3) is 4.19.